The van der Waals surface area contributed by atoms with Crippen molar-refractivity contribution in [2.45, 2.75) is 13.2 Å². The molecule has 1 rings (SSSR count). The second-order valence-corrected chi connectivity index (χ2v) is 3.14. The molecule has 0 atom stereocenters. The van der Waals surface area contributed by atoms with E-state index in [0.29, 0.717) is 4.88 Å². The van der Waals surface area contributed by atoms with E-state index in [1.165, 1.54) is 11.3 Å². The molecule has 0 saturated heterocycles. The van der Waals surface area contributed by atoms with E-state index in [1.807, 2.05) is 13.0 Å². The number of hydrogen-bond acceptors (Lipinski definition) is 3. The van der Waals surface area contributed by atoms with Gasteiger partial charge in [-0.15, -0.1) is 11.3 Å². The zero-order valence-electron chi connectivity index (χ0n) is 5.03. The molecule has 0 aliphatic heterocycles. The highest BCUT2D eigenvalue weighted by Gasteiger charge is 2.02. The van der Waals surface area contributed by atoms with Gasteiger partial charge in [-0.05, 0) is 19.1 Å². The molecule has 50 valence electrons. The average Bonchev–Trinajstić information content (AvgIpc) is 2.14. The van der Waals surface area contributed by atoms with Gasteiger partial charge in [-0.2, -0.15) is 0 Å². The second-order valence-electron chi connectivity index (χ2n) is 1.82. The zero-order valence-corrected chi connectivity index (χ0v) is 5.85. The Morgan fingerprint density at radius 1 is 1.44 bits per heavy atom. The van der Waals surface area contributed by atoms with Crippen LogP contribution in [0.2, 0.25) is 0 Å². The van der Waals surface area contributed by atoms with Crippen molar-refractivity contribution < 1.29 is 10.2 Å². The summed E-state index contributed by atoms with van der Waals surface area (Å²) in [5.41, 5.74) is 0. The maximum Gasteiger partial charge on any atom is 0.188 e. The van der Waals surface area contributed by atoms with E-state index in [0.717, 1.165) is 4.88 Å². The smallest absolute Gasteiger partial charge is 0.188 e. The molecule has 9 heavy (non-hydrogen) atoms. The van der Waals surface area contributed by atoms with Crippen LogP contribution in [-0.4, -0.2) is 10.2 Å². The molecule has 1 aromatic heterocycles. The van der Waals surface area contributed by atoms with Gasteiger partial charge in [0.2, 0.25) is 0 Å². The van der Waals surface area contributed by atoms with Crippen molar-refractivity contribution in [1.82, 2.24) is 0 Å². The summed E-state index contributed by atoms with van der Waals surface area (Å²) in [6, 6.07) is 3.57. The van der Waals surface area contributed by atoms with Crippen molar-refractivity contribution in [3.63, 3.8) is 0 Å². The van der Waals surface area contributed by atoms with Gasteiger partial charge in [0.05, 0.1) is 4.88 Å². The van der Waals surface area contributed by atoms with E-state index in [4.69, 9.17) is 10.2 Å². The maximum atomic E-state index is 8.60. The minimum absolute atomic E-state index is 0.604. The quantitative estimate of drug-likeness (QED) is 0.578. The van der Waals surface area contributed by atoms with Gasteiger partial charge < -0.3 is 10.2 Å². The highest BCUT2D eigenvalue weighted by molar-refractivity contribution is 7.11. The predicted molar refractivity (Wildman–Crippen MR) is 36.2 cm³/mol. The summed E-state index contributed by atoms with van der Waals surface area (Å²) in [6.07, 6.45) is -1.30. The van der Waals surface area contributed by atoms with E-state index in [-0.39, 0.29) is 0 Å². The molecule has 0 aromatic carbocycles. The number of thiophene rings is 1. The molecule has 0 fully saturated rings. The van der Waals surface area contributed by atoms with Crippen LogP contribution >= 0.6 is 11.3 Å². The zero-order chi connectivity index (χ0) is 6.85. The molecule has 0 saturated carbocycles. The lowest BCUT2D eigenvalue weighted by Crippen LogP contribution is -1.88. The van der Waals surface area contributed by atoms with E-state index in [9.17, 15) is 0 Å². The average molecular weight is 144 g/mol. The molecule has 1 aromatic rings. The van der Waals surface area contributed by atoms with Crippen LogP contribution in [0.25, 0.3) is 0 Å². The highest BCUT2D eigenvalue weighted by Crippen LogP contribution is 2.19. The van der Waals surface area contributed by atoms with Crippen LogP contribution in [-0.2, 0) is 0 Å². The molecule has 0 unspecified atom stereocenters. The van der Waals surface area contributed by atoms with Crippen LogP contribution < -0.4 is 0 Å². The van der Waals surface area contributed by atoms with E-state index in [1.54, 1.807) is 6.07 Å². The molecule has 0 amide bonds. The lowest BCUT2D eigenvalue weighted by atomic mass is 10.4. The van der Waals surface area contributed by atoms with Crippen LogP contribution in [0.5, 0.6) is 0 Å². The Kier molecular flexibility index (Phi) is 1.85. The number of hydrogen-bond donors (Lipinski definition) is 2. The van der Waals surface area contributed by atoms with Gasteiger partial charge in [0.25, 0.3) is 0 Å². The Morgan fingerprint density at radius 2 is 2.11 bits per heavy atom. The van der Waals surface area contributed by atoms with Crippen molar-refractivity contribution in [2.24, 2.45) is 0 Å². The van der Waals surface area contributed by atoms with Crippen LogP contribution in [0, 0.1) is 6.92 Å². The molecule has 0 spiro atoms. The SMILES string of the molecule is Cc1ccc(C(O)O)s1. The number of aliphatic hydroxyl groups is 2. The Morgan fingerprint density at radius 3 is 2.33 bits per heavy atom. The lowest BCUT2D eigenvalue weighted by molar-refractivity contribution is -0.0395. The number of rotatable bonds is 1. The van der Waals surface area contributed by atoms with Crippen molar-refractivity contribution in [3.8, 4) is 0 Å². The van der Waals surface area contributed by atoms with Gasteiger partial charge >= 0.3 is 0 Å². The van der Waals surface area contributed by atoms with Crippen molar-refractivity contribution >= 4 is 11.3 Å². The van der Waals surface area contributed by atoms with Gasteiger partial charge in [-0.25, -0.2) is 0 Å². The van der Waals surface area contributed by atoms with Crippen molar-refractivity contribution in [2.75, 3.05) is 0 Å². The Hall–Kier alpha value is -0.380. The van der Waals surface area contributed by atoms with E-state index < -0.39 is 6.29 Å². The van der Waals surface area contributed by atoms with Crippen LogP contribution in [0.1, 0.15) is 16.0 Å². The first-order chi connectivity index (χ1) is 4.20. The molecule has 0 bridgehead atoms. The summed E-state index contributed by atoms with van der Waals surface area (Å²) >= 11 is 1.40. The fourth-order valence-corrected chi connectivity index (χ4v) is 1.34. The lowest BCUT2D eigenvalue weighted by Gasteiger charge is -1.94. The first-order valence-corrected chi connectivity index (χ1v) is 3.44. The molecule has 0 radical (unpaired) electrons. The molecular formula is C6H8O2S. The van der Waals surface area contributed by atoms with Gasteiger partial charge in [0, 0.05) is 4.88 Å². The summed E-state index contributed by atoms with van der Waals surface area (Å²) in [6.45, 7) is 1.93. The van der Waals surface area contributed by atoms with Gasteiger partial charge in [0.1, 0.15) is 0 Å². The first-order valence-electron chi connectivity index (χ1n) is 2.62. The summed E-state index contributed by atoms with van der Waals surface area (Å²) in [5.74, 6) is 0. The predicted octanol–water partition coefficient (Wildman–Crippen LogP) is 1.04. The second kappa shape index (κ2) is 2.47. The van der Waals surface area contributed by atoms with Gasteiger partial charge in [-0.1, -0.05) is 0 Å². The van der Waals surface area contributed by atoms with Crippen molar-refractivity contribution in [3.05, 3.63) is 21.9 Å². The third-order valence-corrected chi connectivity index (χ3v) is 2.06. The minimum atomic E-state index is -1.30. The van der Waals surface area contributed by atoms with Gasteiger partial charge in [0.15, 0.2) is 6.29 Å². The summed E-state index contributed by atoms with van der Waals surface area (Å²) < 4.78 is 0. The third kappa shape index (κ3) is 1.51. The standard InChI is InChI=1S/C6H8O2S/c1-4-2-3-5(9-4)6(7)8/h2-3,6-8H,1H3. The minimum Gasteiger partial charge on any atom is -0.364 e. The Balaban J connectivity index is 2.85. The summed E-state index contributed by atoms with van der Waals surface area (Å²) in [4.78, 5) is 1.70. The number of aliphatic hydroxyl groups excluding tert-OH is 1. The number of aryl methyl sites for hydroxylation is 1. The maximum absolute atomic E-state index is 8.60. The normalized spacial score (nSPS) is 10.7. The molecule has 0 aliphatic carbocycles. The highest BCUT2D eigenvalue weighted by atomic mass is 32.1. The van der Waals surface area contributed by atoms with Crippen LogP contribution in [0.4, 0.5) is 0 Å². The molecular weight excluding hydrogens is 136 g/mol. The topological polar surface area (TPSA) is 40.5 Å². The summed E-state index contributed by atoms with van der Waals surface area (Å²) in [5, 5.41) is 17.2. The summed E-state index contributed by atoms with van der Waals surface area (Å²) in [7, 11) is 0. The molecule has 2 N–H and O–H groups in total. The largest absolute Gasteiger partial charge is 0.364 e. The van der Waals surface area contributed by atoms with Crippen molar-refractivity contribution in [1.29, 1.82) is 0 Å². The molecule has 3 heteroatoms. The third-order valence-electron chi connectivity index (χ3n) is 1.02. The molecule has 2 nitrogen and oxygen atoms in total. The van der Waals surface area contributed by atoms with Gasteiger partial charge in [-0.3, -0.25) is 0 Å². The van der Waals surface area contributed by atoms with E-state index in [2.05, 4.69) is 0 Å². The Labute approximate surface area is 57.4 Å². The van der Waals surface area contributed by atoms with Crippen LogP contribution in [0.3, 0.4) is 0 Å². The molecule has 0 aliphatic rings. The first kappa shape index (κ1) is 6.74. The monoisotopic (exact) mass is 144 g/mol. The Bertz CT molecular complexity index is 193. The van der Waals surface area contributed by atoms with Crippen LogP contribution in [0.15, 0.2) is 12.1 Å². The fourth-order valence-electron chi connectivity index (χ4n) is 0.592. The fraction of sp³-hybridized carbons (Fsp3) is 0.333. The van der Waals surface area contributed by atoms with E-state index >= 15 is 0 Å². The molecule has 1 heterocycles.